The van der Waals surface area contributed by atoms with E-state index in [9.17, 15) is 4.79 Å². The average molecular weight is 428 g/mol. The summed E-state index contributed by atoms with van der Waals surface area (Å²) in [5, 5.41) is 0. The molecule has 1 saturated heterocycles. The summed E-state index contributed by atoms with van der Waals surface area (Å²) < 4.78 is 6.68. The van der Waals surface area contributed by atoms with Crippen molar-refractivity contribution in [3.05, 3.63) is 0 Å². The summed E-state index contributed by atoms with van der Waals surface area (Å²) in [6.07, 6.45) is 14.4. The third-order valence-corrected chi connectivity index (χ3v) is 5.95. The molecule has 180 valence electrons. The van der Waals surface area contributed by atoms with Gasteiger partial charge in [0.25, 0.3) is 0 Å². The third kappa shape index (κ3) is 14.3. The van der Waals surface area contributed by atoms with Crippen LogP contribution in [-0.4, -0.2) is 60.3 Å². The van der Waals surface area contributed by atoms with Gasteiger partial charge in [0.2, 0.25) is 0 Å². The minimum Gasteiger partial charge on any atom is -0.444 e. The molecule has 1 heterocycles. The first kappa shape index (κ1) is 29.2. The molecule has 1 fully saturated rings. The molecule has 0 aromatic rings. The number of amides is 1. The third-order valence-electron chi connectivity index (χ3n) is 5.95. The molecule has 1 rings (SSSR count). The molecule has 1 aliphatic heterocycles. The van der Waals surface area contributed by atoms with Gasteiger partial charge in [0, 0.05) is 13.1 Å². The van der Waals surface area contributed by atoms with E-state index in [1.54, 1.807) is 4.90 Å². The van der Waals surface area contributed by atoms with Gasteiger partial charge in [0.05, 0.1) is 26.2 Å². The lowest BCUT2D eigenvalue weighted by molar-refractivity contribution is -0.929. The number of rotatable bonds is 12. The molecule has 0 aromatic carbocycles. The van der Waals surface area contributed by atoms with Gasteiger partial charge in [0.1, 0.15) is 5.60 Å². The molecule has 1 amide bonds. The highest BCUT2D eigenvalue weighted by Gasteiger charge is 2.25. The summed E-state index contributed by atoms with van der Waals surface area (Å²) in [6, 6.07) is 0. The number of quaternary nitrogens is 1. The zero-order valence-corrected chi connectivity index (χ0v) is 21.7. The van der Waals surface area contributed by atoms with Gasteiger partial charge in [-0.1, -0.05) is 53.4 Å². The molecule has 0 spiro atoms. The Morgan fingerprint density at radius 3 is 1.40 bits per heavy atom. The molecular formula is C26H55N2O2+. The smallest absolute Gasteiger partial charge is 0.410 e. The van der Waals surface area contributed by atoms with Crippen molar-refractivity contribution in [1.29, 1.82) is 0 Å². The fourth-order valence-corrected chi connectivity index (χ4v) is 4.05. The van der Waals surface area contributed by atoms with Crippen molar-refractivity contribution in [2.24, 2.45) is 0 Å². The van der Waals surface area contributed by atoms with Crippen LogP contribution in [0.15, 0.2) is 0 Å². The van der Waals surface area contributed by atoms with Crippen LogP contribution in [0.3, 0.4) is 0 Å². The van der Waals surface area contributed by atoms with Crippen molar-refractivity contribution in [1.82, 2.24) is 4.90 Å². The monoisotopic (exact) mass is 427 g/mol. The first-order valence-corrected chi connectivity index (χ1v) is 13.1. The van der Waals surface area contributed by atoms with Crippen LogP contribution >= 0.6 is 0 Å². The molecule has 0 bridgehead atoms. The molecule has 1 aliphatic rings. The Balaban J connectivity index is 0.000000579. The largest absolute Gasteiger partial charge is 0.444 e. The van der Waals surface area contributed by atoms with E-state index in [0.717, 1.165) is 25.9 Å². The Morgan fingerprint density at radius 2 is 1.10 bits per heavy atom. The molecule has 0 N–H and O–H groups in total. The molecule has 0 aliphatic carbocycles. The van der Waals surface area contributed by atoms with E-state index < -0.39 is 0 Å². The zero-order valence-electron chi connectivity index (χ0n) is 21.7. The standard InChI is InChI=1S/C16H36N.C10H19NO2/c1-5-9-13-17(14-10-6-2,15-11-7-3)16-12-8-4;1-10(2,3)13-9(12)11-7-5-4-6-8-11/h5-16H2,1-4H3;4-8H2,1-3H3/q+1;. The van der Waals surface area contributed by atoms with Crippen LogP contribution < -0.4 is 0 Å². The number of ether oxygens (including phenoxy) is 1. The number of likely N-dealkylation sites (tertiary alicyclic amines) is 1. The predicted octanol–water partition coefficient (Wildman–Crippen LogP) is 7.41. The Hall–Kier alpha value is -0.770. The maximum Gasteiger partial charge on any atom is 0.410 e. The van der Waals surface area contributed by atoms with Gasteiger partial charge in [-0.2, -0.15) is 0 Å². The maximum absolute atomic E-state index is 11.5. The summed E-state index contributed by atoms with van der Waals surface area (Å²) in [5.41, 5.74) is -0.367. The Labute approximate surface area is 189 Å². The highest BCUT2D eigenvalue weighted by Crippen LogP contribution is 2.17. The molecule has 0 aromatic heterocycles. The van der Waals surface area contributed by atoms with Crippen LogP contribution in [0.2, 0.25) is 0 Å². The van der Waals surface area contributed by atoms with Gasteiger partial charge in [-0.15, -0.1) is 0 Å². The second kappa shape index (κ2) is 16.9. The number of carbonyl (C=O) groups excluding carboxylic acids is 1. The quantitative estimate of drug-likeness (QED) is 0.303. The van der Waals surface area contributed by atoms with Crippen molar-refractivity contribution >= 4 is 6.09 Å². The molecule has 0 unspecified atom stereocenters. The lowest BCUT2D eigenvalue weighted by Crippen LogP contribution is -2.50. The second-order valence-electron chi connectivity index (χ2n) is 10.2. The van der Waals surface area contributed by atoms with E-state index in [1.165, 1.54) is 88.4 Å². The summed E-state index contributed by atoms with van der Waals surface area (Å²) >= 11 is 0. The number of piperidine rings is 1. The van der Waals surface area contributed by atoms with Gasteiger partial charge in [-0.3, -0.25) is 0 Å². The Morgan fingerprint density at radius 1 is 0.733 bits per heavy atom. The van der Waals surface area contributed by atoms with Gasteiger partial charge < -0.3 is 14.1 Å². The normalized spacial score (nSPS) is 14.8. The van der Waals surface area contributed by atoms with Crippen molar-refractivity contribution in [3.8, 4) is 0 Å². The summed E-state index contributed by atoms with van der Waals surface area (Å²) in [4.78, 5) is 13.3. The average Bonchev–Trinajstić information content (AvgIpc) is 2.72. The number of unbranched alkanes of at least 4 members (excludes halogenated alkanes) is 4. The van der Waals surface area contributed by atoms with Gasteiger partial charge in [-0.05, 0) is 65.7 Å². The van der Waals surface area contributed by atoms with Gasteiger partial charge >= 0.3 is 6.09 Å². The molecule has 0 atom stereocenters. The van der Waals surface area contributed by atoms with Crippen molar-refractivity contribution in [2.45, 2.75) is 125 Å². The van der Waals surface area contributed by atoms with Gasteiger partial charge in [0.15, 0.2) is 0 Å². The Bertz CT molecular complexity index is 374. The summed E-state index contributed by atoms with van der Waals surface area (Å²) in [6.45, 7) is 22.4. The van der Waals surface area contributed by atoms with Crippen LogP contribution in [0.5, 0.6) is 0 Å². The van der Waals surface area contributed by atoms with Crippen LogP contribution in [0.4, 0.5) is 4.79 Å². The van der Waals surface area contributed by atoms with Crippen LogP contribution in [0, 0.1) is 0 Å². The first-order valence-electron chi connectivity index (χ1n) is 13.1. The predicted molar refractivity (Wildman–Crippen MR) is 131 cm³/mol. The molecule has 30 heavy (non-hydrogen) atoms. The molecule has 0 radical (unpaired) electrons. The van der Waals surface area contributed by atoms with Gasteiger partial charge in [-0.25, -0.2) is 4.79 Å². The maximum atomic E-state index is 11.5. The number of nitrogens with zero attached hydrogens (tertiary/aromatic N) is 2. The van der Waals surface area contributed by atoms with Crippen molar-refractivity contribution in [3.63, 3.8) is 0 Å². The molecule has 4 nitrogen and oxygen atoms in total. The lowest BCUT2D eigenvalue weighted by atomic mass is 10.1. The Kier molecular flexibility index (Phi) is 16.4. The molecule has 0 saturated carbocycles. The number of carbonyl (C=O) groups is 1. The highest BCUT2D eigenvalue weighted by atomic mass is 16.6. The molecular weight excluding hydrogens is 372 g/mol. The minimum atomic E-state index is -0.367. The molecule has 4 heteroatoms. The lowest BCUT2D eigenvalue weighted by Gasteiger charge is -2.39. The minimum absolute atomic E-state index is 0.160. The first-order chi connectivity index (χ1) is 14.2. The van der Waals surface area contributed by atoms with E-state index >= 15 is 0 Å². The van der Waals surface area contributed by atoms with Crippen LogP contribution in [-0.2, 0) is 4.74 Å². The van der Waals surface area contributed by atoms with Crippen LogP contribution in [0.1, 0.15) is 119 Å². The number of hydrogen-bond donors (Lipinski definition) is 0. The fraction of sp³-hybridized carbons (Fsp3) is 0.962. The van der Waals surface area contributed by atoms with Crippen molar-refractivity contribution in [2.75, 3.05) is 39.3 Å². The summed E-state index contributed by atoms with van der Waals surface area (Å²) in [5.74, 6) is 0. The SMILES string of the molecule is CC(C)(C)OC(=O)N1CCCCC1.CCCC[N+](CCCC)(CCCC)CCCC. The second-order valence-corrected chi connectivity index (χ2v) is 10.2. The van der Waals surface area contributed by atoms with E-state index in [2.05, 4.69) is 27.7 Å². The highest BCUT2D eigenvalue weighted by molar-refractivity contribution is 5.68. The van der Waals surface area contributed by atoms with Crippen LogP contribution in [0.25, 0.3) is 0 Å². The van der Waals surface area contributed by atoms with E-state index in [4.69, 9.17) is 4.74 Å². The topological polar surface area (TPSA) is 29.5 Å². The zero-order chi connectivity index (χ0) is 22.9. The fourth-order valence-electron chi connectivity index (χ4n) is 4.05. The van der Waals surface area contributed by atoms with Crippen molar-refractivity contribution < 1.29 is 14.0 Å². The van der Waals surface area contributed by atoms with E-state index in [0.29, 0.717) is 0 Å². The number of hydrogen-bond acceptors (Lipinski definition) is 2. The van der Waals surface area contributed by atoms with E-state index in [1.807, 2.05) is 20.8 Å². The summed E-state index contributed by atoms with van der Waals surface area (Å²) in [7, 11) is 0. The van der Waals surface area contributed by atoms with E-state index in [-0.39, 0.29) is 11.7 Å².